The average molecular weight is 272 g/mol. The average Bonchev–Trinajstić information content (AvgIpc) is 2.93. The van der Waals surface area contributed by atoms with E-state index < -0.39 is 0 Å². The van der Waals surface area contributed by atoms with Crippen molar-refractivity contribution in [1.82, 2.24) is 15.2 Å². The van der Waals surface area contributed by atoms with Crippen LogP contribution in [0.2, 0.25) is 0 Å². The summed E-state index contributed by atoms with van der Waals surface area (Å²) in [7, 11) is 0. The second-order valence-corrected chi connectivity index (χ2v) is 5.32. The molecule has 2 unspecified atom stereocenters. The minimum absolute atomic E-state index is 0.0940. The van der Waals surface area contributed by atoms with Gasteiger partial charge in [-0.2, -0.15) is 5.10 Å². The zero-order chi connectivity index (χ0) is 14.5. The number of benzene rings is 1. The minimum Gasteiger partial charge on any atom is -0.271 e. The summed E-state index contributed by atoms with van der Waals surface area (Å²) in [6, 6.07) is 10.9. The Morgan fingerprint density at radius 1 is 1.30 bits per heavy atom. The van der Waals surface area contributed by atoms with E-state index in [1.165, 1.54) is 11.1 Å². The number of hydrazine groups is 1. The zero-order valence-corrected chi connectivity index (χ0v) is 12.5. The van der Waals surface area contributed by atoms with Gasteiger partial charge in [0.25, 0.3) is 0 Å². The van der Waals surface area contributed by atoms with E-state index in [-0.39, 0.29) is 6.04 Å². The third-order valence-electron chi connectivity index (χ3n) is 3.88. The summed E-state index contributed by atoms with van der Waals surface area (Å²) in [5, 5.41) is 4.65. The Balaban J connectivity index is 2.15. The molecule has 2 aromatic rings. The molecule has 0 saturated heterocycles. The van der Waals surface area contributed by atoms with Crippen molar-refractivity contribution in [3.63, 3.8) is 0 Å². The van der Waals surface area contributed by atoms with Crippen LogP contribution in [0.25, 0.3) is 0 Å². The first-order valence-electron chi connectivity index (χ1n) is 7.21. The van der Waals surface area contributed by atoms with Crippen LogP contribution in [0, 0.1) is 6.92 Å². The third-order valence-corrected chi connectivity index (χ3v) is 3.88. The predicted molar refractivity (Wildman–Crippen MR) is 82.2 cm³/mol. The van der Waals surface area contributed by atoms with Crippen LogP contribution >= 0.6 is 0 Å². The number of nitrogens with two attached hydrogens (primary N) is 1. The van der Waals surface area contributed by atoms with Crippen molar-refractivity contribution in [2.75, 3.05) is 0 Å². The Morgan fingerprint density at radius 3 is 2.70 bits per heavy atom. The van der Waals surface area contributed by atoms with E-state index in [1.807, 2.05) is 16.8 Å². The molecule has 0 aliphatic rings. The monoisotopic (exact) mass is 272 g/mol. The molecule has 0 fully saturated rings. The van der Waals surface area contributed by atoms with Crippen molar-refractivity contribution in [3.05, 3.63) is 53.3 Å². The maximum Gasteiger partial charge on any atom is 0.0644 e. The van der Waals surface area contributed by atoms with E-state index in [0.717, 1.165) is 18.5 Å². The first-order chi connectivity index (χ1) is 9.65. The highest BCUT2D eigenvalue weighted by atomic mass is 15.3. The van der Waals surface area contributed by atoms with E-state index in [0.29, 0.717) is 6.04 Å². The van der Waals surface area contributed by atoms with Crippen LogP contribution in [0.4, 0.5) is 0 Å². The largest absolute Gasteiger partial charge is 0.271 e. The van der Waals surface area contributed by atoms with Gasteiger partial charge in [0.15, 0.2) is 0 Å². The van der Waals surface area contributed by atoms with E-state index in [2.05, 4.69) is 55.7 Å². The highest BCUT2D eigenvalue weighted by molar-refractivity contribution is 5.29. The van der Waals surface area contributed by atoms with Crippen LogP contribution in [0.15, 0.2) is 36.5 Å². The lowest BCUT2D eigenvalue weighted by atomic mass is 9.98. The number of aromatic nitrogens is 2. The molecule has 1 heterocycles. The van der Waals surface area contributed by atoms with Crippen molar-refractivity contribution < 1.29 is 0 Å². The van der Waals surface area contributed by atoms with Crippen LogP contribution in [0.3, 0.4) is 0 Å². The molecule has 0 saturated carbocycles. The topological polar surface area (TPSA) is 55.9 Å². The maximum atomic E-state index is 5.73. The van der Waals surface area contributed by atoms with Crippen LogP contribution < -0.4 is 11.3 Å². The molecule has 0 amide bonds. The van der Waals surface area contributed by atoms with Gasteiger partial charge in [0.2, 0.25) is 0 Å². The van der Waals surface area contributed by atoms with Crippen LogP contribution in [0.5, 0.6) is 0 Å². The van der Waals surface area contributed by atoms with E-state index in [9.17, 15) is 0 Å². The highest BCUT2D eigenvalue weighted by Crippen LogP contribution is 2.21. The summed E-state index contributed by atoms with van der Waals surface area (Å²) in [5.74, 6) is 5.73. The molecular formula is C16H24N4. The molecule has 0 spiro atoms. The second kappa shape index (κ2) is 6.68. The molecule has 4 nitrogen and oxygen atoms in total. The van der Waals surface area contributed by atoms with Gasteiger partial charge in [0, 0.05) is 18.7 Å². The van der Waals surface area contributed by atoms with Gasteiger partial charge in [-0.05, 0) is 37.5 Å². The van der Waals surface area contributed by atoms with Gasteiger partial charge in [-0.1, -0.05) is 31.2 Å². The summed E-state index contributed by atoms with van der Waals surface area (Å²) in [4.78, 5) is 0. The molecule has 2 atom stereocenters. The Morgan fingerprint density at radius 2 is 2.05 bits per heavy atom. The molecule has 4 heteroatoms. The predicted octanol–water partition coefficient (Wildman–Crippen LogP) is 2.91. The quantitative estimate of drug-likeness (QED) is 0.628. The summed E-state index contributed by atoms with van der Waals surface area (Å²) in [6.45, 7) is 6.46. The molecule has 0 aliphatic carbocycles. The van der Waals surface area contributed by atoms with Crippen molar-refractivity contribution in [2.45, 2.75) is 45.7 Å². The van der Waals surface area contributed by atoms with Gasteiger partial charge in [0.1, 0.15) is 0 Å². The smallest absolute Gasteiger partial charge is 0.0644 e. The number of hydrogen-bond acceptors (Lipinski definition) is 3. The van der Waals surface area contributed by atoms with E-state index >= 15 is 0 Å². The first kappa shape index (κ1) is 14.8. The molecule has 3 N–H and O–H groups in total. The summed E-state index contributed by atoms with van der Waals surface area (Å²) >= 11 is 0. The lowest BCUT2D eigenvalue weighted by Crippen LogP contribution is -2.30. The molecule has 108 valence electrons. The van der Waals surface area contributed by atoms with Gasteiger partial charge in [-0.3, -0.25) is 16.0 Å². The Kier molecular flexibility index (Phi) is 4.93. The summed E-state index contributed by atoms with van der Waals surface area (Å²) < 4.78 is 2.03. The van der Waals surface area contributed by atoms with E-state index in [1.54, 1.807) is 0 Å². The van der Waals surface area contributed by atoms with Crippen LogP contribution in [-0.4, -0.2) is 9.78 Å². The van der Waals surface area contributed by atoms with Crippen molar-refractivity contribution in [2.24, 2.45) is 5.84 Å². The minimum atomic E-state index is 0.0940. The third kappa shape index (κ3) is 3.26. The van der Waals surface area contributed by atoms with Crippen molar-refractivity contribution >= 4 is 0 Å². The number of aryl methyl sites for hydroxylation is 1. The zero-order valence-electron chi connectivity index (χ0n) is 12.5. The van der Waals surface area contributed by atoms with E-state index in [4.69, 9.17) is 5.84 Å². The summed E-state index contributed by atoms with van der Waals surface area (Å²) in [6.07, 6.45) is 3.93. The lowest BCUT2D eigenvalue weighted by Gasteiger charge is -2.17. The highest BCUT2D eigenvalue weighted by Gasteiger charge is 2.14. The number of nitrogens with one attached hydrogen (secondary N) is 1. The van der Waals surface area contributed by atoms with Gasteiger partial charge in [-0.25, -0.2) is 0 Å². The van der Waals surface area contributed by atoms with Gasteiger partial charge in [-0.15, -0.1) is 0 Å². The fourth-order valence-corrected chi connectivity index (χ4v) is 2.36. The fraction of sp³-hybridized carbons (Fsp3) is 0.438. The molecule has 0 bridgehead atoms. The molecule has 2 rings (SSSR count). The number of rotatable bonds is 6. The Hall–Kier alpha value is -1.65. The van der Waals surface area contributed by atoms with Gasteiger partial charge < -0.3 is 0 Å². The maximum absolute atomic E-state index is 5.73. The molecule has 1 aromatic carbocycles. The molecule has 0 aliphatic heterocycles. The first-order valence-corrected chi connectivity index (χ1v) is 7.21. The standard InChI is InChI=1S/C16H24N4/c1-4-13(3)20-10-9-14(19-20)11-16(18-17)15-8-6-5-7-12(15)2/h5-10,13,16,18H,4,11,17H2,1-3H3. The second-order valence-electron chi connectivity index (χ2n) is 5.32. The molecule has 0 radical (unpaired) electrons. The Bertz CT molecular complexity index is 547. The van der Waals surface area contributed by atoms with Crippen molar-refractivity contribution in [3.8, 4) is 0 Å². The summed E-state index contributed by atoms with van der Waals surface area (Å²) in [5.41, 5.74) is 6.45. The lowest BCUT2D eigenvalue weighted by molar-refractivity contribution is 0.467. The number of hydrogen-bond donors (Lipinski definition) is 2. The van der Waals surface area contributed by atoms with Gasteiger partial charge in [0.05, 0.1) is 11.7 Å². The van der Waals surface area contributed by atoms with Gasteiger partial charge >= 0.3 is 0 Å². The van der Waals surface area contributed by atoms with Crippen molar-refractivity contribution in [1.29, 1.82) is 0 Å². The Labute approximate surface area is 121 Å². The molecular weight excluding hydrogens is 248 g/mol. The fourth-order valence-electron chi connectivity index (χ4n) is 2.36. The molecule has 1 aromatic heterocycles. The normalized spacial score (nSPS) is 14.2. The van der Waals surface area contributed by atoms with Crippen LogP contribution in [-0.2, 0) is 6.42 Å². The van der Waals surface area contributed by atoms with Crippen LogP contribution in [0.1, 0.15) is 49.2 Å². The number of nitrogens with zero attached hydrogens (tertiary/aromatic N) is 2. The SMILES string of the molecule is CCC(C)n1ccc(CC(NN)c2ccccc2C)n1. The molecule has 20 heavy (non-hydrogen) atoms.